The standard InChI is InChI=1S/C11H16ClN3O/c1-8(16)9-4-2-3-5-15(9)11-6-10(12)13-7-14-11/h6-9,16H,2-5H2,1H3/t8-,9+/m0/s1. The molecule has 1 aliphatic rings. The highest BCUT2D eigenvalue weighted by Crippen LogP contribution is 2.25. The summed E-state index contributed by atoms with van der Waals surface area (Å²) in [5.74, 6) is 0.811. The molecule has 0 unspecified atom stereocenters. The molecule has 4 nitrogen and oxygen atoms in total. The molecule has 1 saturated heterocycles. The van der Waals surface area contributed by atoms with E-state index in [2.05, 4.69) is 14.9 Å². The van der Waals surface area contributed by atoms with Crippen molar-refractivity contribution < 1.29 is 5.11 Å². The number of anilines is 1. The average molecular weight is 242 g/mol. The van der Waals surface area contributed by atoms with Crippen molar-refractivity contribution in [3.05, 3.63) is 17.5 Å². The van der Waals surface area contributed by atoms with Crippen LogP contribution in [0.5, 0.6) is 0 Å². The van der Waals surface area contributed by atoms with Gasteiger partial charge in [0.1, 0.15) is 17.3 Å². The normalized spacial score (nSPS) is 23.2. The van der Waals surface area contributed by atoms with Gasteiger partial charge < -0.3 is 10.0 Å². The Hall–Kier alpha value is -0.870. The Balaban J connectivity index is 2.23. The molecule has 0 spiro atoms. The van der Waals surface area contributed by atoms with Crippen molar-refractivity contribution in [1.29, 1.82) is 0 Å². The summed E-state index contributed by atoms with van der Waals surface area (Å²) in [7, 11) is 0. The molecule has 1 fully saturated rings. The zero-order valence-corrected chi connectivity index (χ0v) is 10.1. The van der Waals surface area contributed by atoms with E-state index in [0.717, 1.165) is 31.6 Å². The van der Waals surface area contributed by atoms with E-state index in [1.807, 2.05) is 6.92 Å². The second kappa shape index (κ2) is 4.97. The Bertz CT molecular complexity index is 359. The lowest BCUT2D eigenvalue weighted by molar-refractivity contribution is 0.145. The van der Waals surface area contributed by atoms with Gasteiger partial charge in [0.05, 0.1) is 12.1 Å². The van der Waals surface area contributed by atoms with E-state index < -0.39 is 0 Å². The molecule has 0 radical (unpaired) electrons. The molecule has 1 aliphatic heterocycles. The zero-order valence-electron chi connectivity index (χ0n) is 9.30. The summed E-state index contributed by atoms with van der Waals surface area (Å²) < 4.78 is 0. The molecule has 0 bridgehead atoms. The molecule has 16 heavy (non-hydrogen) atoms. The Morgan fingerprint density at radius 3 is 3.00 bits per heavy atom. The van der Waals surface area contributed by atoms with Crippen LogP contribution >= 0.6 is 11.6 Å². The predicted molar refractivity (Wildman–Crippen MR) is 63.7 cm³/mol. The Kier molecular flexibility index (Phi) is 3.61. The molecule has 88 valence electrons. The van der Waals surface area contributed by atoms with Crippen LogP contribution in [0.25, 0.3) is 0 Å². The maximum atomic E-state index is 9.76. The number of aromatic nitrogens is 2. The van der Waals surface area contributed by atoms with Crippen molar-refractivity contribution in [1.82, 2.24) is 9.97 Å². The molecule has 1 N–H and O–H groups in total. The molecule has 2 atom stereocenters. The van der Waals surface area contributed by atoms with Crippen molar-refractivity contribution in [2.24, 2.45) is 0 Å². The van der Waals surface area contributed by atoms with Gasteiger partial charge in [0.25, 0.3) is 0 Å². The minimum absolute atomic E-state index is 0.139. The highest BCUT2D eigenvalue weighted by atomic mass is 35.5. The number of hydrogen-bond acceptors (Lipinski definition) is 4. The molecule has 2 heterocycles. The Labute approximate surface area is 100 Å². The van der Waals surface area contributed by atoms with Crippen LogP contribution in [0.4, 0.5) is 5.82 Å². The molecule has 0 amide bonds. The van der Waals surface area contributed by atoms with Gasteiger partial charge in [-0.2, -0.15) is 0 Å². The van der Waals surface area contributed by atoms with E-state index in [1.165, 1.54) is 6.33 Å². The Morgan fingerprint density at radius 2 is 2.31 bits per heavy atom. The second-order valence-electron chi connectivity index (χ2n) is 4.20. The van der Waals surface area contributed by atoms with E-state index in [1.54, 1.807) is 6.07 Å². The largest absolute Gasteiger partial charge is 0.391 e. The molecular formula is C11H16ClN3O. The third-order valence-corrected chi connectivity index (χ3v) is 3.23. The summed E-state index contributed by atoms with van der Waals surface area (Å²) >= 11 is 5.85. The minimum atomic E-state index is -0.353. The quantitative estimate of drug-likeness (QED) is 0.804. The van der Waals surface area contributed by atoms with Crippen LogP contribution in [0.2, 0.25) is 5.15 Å². The van der Waals surface area contributed by atoms with Crippen LogP contribution < -0.4 is 4.90 Å². The zero-order chi connectivity index (χ0) is 11.5. The van der Waals surface area contributed by atoms with Gasteiger partial charge in [-0.05, 0) is 26.2 Å². The van der Waals surface area contributed by atoms with Gasteiger partial charge in [-0.3, -0.25) is 0 Å². The number of aliphatic hydroxyl groups excluding tert-OH is 1. The van der Waals surface area contributed by atoms with Crippen LogP contribution in [0.15, 0.2) is 12.4 Å². The van der Waals surface area contributed by atoms with Crippen LogP contribution in [0.1, 0.15) is 26.2 Å². The predicted octanol–water partition coefficient (Wildman–Crippen LogP) is 1.87. The highest BCUT2D eigenvalue weighted by Gasteiger charge is 2.27. The first-order valence-corrected chi connectivity index (χ1v) is 5.98. The van der Waals surface area contributed by atoms with Crippen molar-refractivity contribution in [2.75, 3.05) is 11.4 Å². The number of aliphatic hydroxyl groups is 1. The second-order valence-corrected chi connectivity index (χ2v) is 4.58. The molecule has 0 aliphatic carbocycles. The lowest BCUT2D eigenvalue weighted by Gasteiger charge is -2.38. The van der Waals surface area contributed by atoms with Gasteiger partial charge in [0.15, 0.2) is 0 Å². The summed E-state index contributed by atoms with van der Waals surface area (Å²) in [6.45, 7) is 2.74. The fourth-order valence-corrected chi connectivity index (χ4v) is 2.37. The third-order valence-electron chi connectivity index (χ3n) is 3.02. The summed E-state index contributed by atoms with van der Waals surface area (Å²) in [4.78, 5) is 10.2. The first kappa shape index (κ1) is 11.6. The molecule has 1 aromatic rings. The molecular weight excluding hydrogens is 226 g/mol. The lowest BCUT2D eigenvalue weighted by Crippen LogP contribution is -2.46. The minimum Gasteiger partial charge on any atom is -0.391 e. The topological polar surface area (TPSA) is 49.2 Å². The van der Waals surface area contributed by atoms with Crippen LogP contribution in [0.3, 0.4) is 0 Å². The first-order valence-electron chi connectivity index (χ1n) is 5.61. The number of piperidine rings is 1. The summed E-state index contributed by atoms with van der Waals surface area (Å²) in [5, 5.41) is 10.2. The maximum Gasteiger partial charge on any atom is 0.134 e. The fourth-order valence-electron chi connectivity index (χ4n) is 2.22. The average Bonchev–Trinajstić information content (AvgIpc) is 2.29. The highest BCUT2D eigenvalue weighted by molar-refractivity contribution is 6.29. The SMILES string of the molecule is C[C@H](O)[C@H]1CCCCN1c1cc(Cl)ncn1. The number of hydrogen-bond donors (Lipinski definition) is 1. The Morgan fingerprint density at radius 1 is 1.50 bits per heavy atom. The van der Waals surface area contributed by atoms with Crippen molar-refractivity contribution in [3.63, 3.8) is 0 Å². The van der Waals surface area contributed by atoms with E-state index in [9.17, 15) is 5.11 Å². The van der Waals surface area contributed by atoms with Gasteiger partial charge in [0, 0.05) is 12.6 Å². The van der Waals surface area contributed by atoms with Crippen molar-refractivity contribution >= 4 is 17.4 Å². The van der Waals surface area contributed by atoms with Crippen LogP contribution in [-0.4, -0.2) is 33.8 Å². The monoisotopic (exact) mass is 241 g/mol. The van der Waals surface area contributed by atoms with Crippen molar-refractivity contribution in [2.45, 2.75) is 38.3 Å². The van der Waals surface area contributed by atoms with E-state index in [-0.39, 0.29) is 12.1 Å². The van der Waals surface area contributed by atoms with Gasteiger partial charge in [0.2, 0.25) is 0 Å². The van der Waals surface area contributed by atoms with Gasteiger partial charge in [-0.1, -0.05) is 11.6 Å². The number of halogens is 1. The van der Waals surface area contributed by atoms with E-state index >= 15 is 0 Å². The fraction of sp³-hybridized carbons (Fsp3) is 0.636. The van der Waals surface area contributed by atoms with E-state index in [0.29, 0.717) is 5.15 Å². The summed E-state index contributed by atoms with van der Waals surface area (Å²) in [6, 6.07) is 1.89. The van der Waals surface area contributed by atoms with Crippen LogP contribution in [0, 0.1) is 0 Å². The lowest BCUT2D eigenvalue weighted by atomic mass is 9.98. The van der Waals surface area contributed by atoms with Crippen LogP contribution in [-0.2, 0) is 0 Å². The smallest absolute Gasteiger partial charge is 0.134 e. The molecule has 0 aromatic carbocycles. The third kappa shape index (κ3) is 2.44. The molecule has 0 saturated carbocycles. The van der Waals surface area contributed by atoms with Gasteiger partial charge in [-0.25, -0.2) is 9.97 Å². The number of rotatable bonds is 2. The summed E-state index contributed by atoms with van der Waals surface area (Å²) in [6.07, 6.45) is 4.40. The summed E-state index contributed by atoms with van der Waals surface area (Å²) in [5.41, 5.74) is 0. The van der Waals surface area contributed by atoms with Gasteiger partial charge >= 0.3 is 0 Å². The number of nitrogens with zero attached hydrogens (tertiary/aromatic N) is 3. The molecule has 1 aromatic heterocycles. The van der Waals surface area contributed by atoms with Crippen molar-refractivity contribution in [3.8, 4) is 0 Å². The molecule has 5 heteroatoms. The molecule has 2 rings (SSSR count). The van der Waals surface area contributed by atoms with Gasteiger partial charge in [-0.15, -0.1) is 0 Å². The maximum absolute atomic E-state index is 9.76. The van der Waals surface area contributed by atoms with E-state index in [4.69, 9.17) is 11.6 Å². The first-order chi connectivity index (χ1) is 7.68.